The molecule has 3 rings (SSSR count). The number of hydrogen-bond acceptors (Lipinski definition) is 3. The van der Waals surface area contributed by atoms with E-state index in [2.05, 4.69) is 4.90 Å². The van der Waals surface area contributed by atoms with Gasteiger partial charge in [0.1, 0.15) is 5.82 Å². The Morgan fingerprint density at radius 2 is 2.15 bits per heavy atom. The zero-order chi connectivity index (χ0) is 14.1. The number of nitrogen functional groups attached to an aromatic ring is 1. The van der Waals surface area contributed by atoms with E-state index in [1.54, 1.807) is 30.0 Å². The third-order valence-electron chi connectivity index (χ3n) is 3.34. The first-order chi connectivity index (χ1) is 9.65. The van der Waals surface area contributed by atoms with Crippen LogP contribution in [0.5, 0.6) is 0 Å². The van der Waals surface area contributed by atoms with Gasteiger partial charge >= 0.3 is 0 Å². The molecule has 0 saturated carbocycles. The Hall–Kier alpha value is -1.39. The lowest BCUT2D eigenvalue weighted by Gasteiger charge is -2.31. The molecule has 0 aromatic heterocycles. The molecule has 0 radical (unpaired) electrons. The van der Waals surface area contributed by atoms with Crippen molar-refractivity contribution in [1.82, 2.24) is 0 Å². The van der Waals surface area contributed by atoms with E-state index in [0.29, 0.717) is 12.1 Å². The van der Waals surface area contributed by atoms with Crippen LogP contribution in [-0.4, -0.2) is 12.3 Å². The highest BCUT2D eigenvalue weighted by molar-refractivity contribution is 7.99. The van der Waals surface area contributed by atoms with Gasteiger partial charge in [0.2, 0.25) is 0 Å². The Labute approximate surface area is 126 Å². The Morgan fingerprint density at radius 1 is 1.30 bits per heavy atom. The van der Waals surface area contributed by atoms with Gasteiger partial charge in [0.15, 0.2) is 0 Å². The molecule has 1 heterocycles. The second-order valence-corrected chi connectivity index (χ2v) is 6.25. The van der Waals surface area contributed by atoms with Crippen molar-refractivity contribution in [3.05, 3.63) is 52.8 Å². The van der Waals surface area contributed by atoms with E-state index < -0.39 is 0 Å². The summed E-state index contributed by atoms with van der Waals surface area (Å²) in [7, 11) is 0. The minimum atomic E-state index is -0.335. The Balaban J connectivity index is 1.93. The highest BCUT2D eigenvalue weighted by atomic mass is 35.5. The van der Waals surface area contributed by atoms with Gasteiger partial charge in [0, 0.05) is 35.0 Å². The van der Waals surface area contributed by atoms with E-state index in [0.717, 1.165) is 23.7 Å². The standard InChI is InChI=1S/C15H14ClFN2S/c16-12-3-1-2-10(15(12)17)9-19-6-7-20-14-5-4-11(18)8-13(14)19/h1-5,8H,6-7,9,18H2. The fourth-order valence-electron chi connectivity index (χ4n) is 2.33. The summed E-state index contributed by atoms with van der Waals surface area (Å²) in [4.78, 5) is 3.34. The molecule has 0 fully saturated rings. The molecule has 2 aromatic rings. The molecule has 20 heavy (non-hydrogen) atoms. The Morgan fingerprint density at radius 3 is 3.00 bits per heavy atom. The van der Waals surface area contributed by atoms with Crippen molar-refractivity contribution >= 4 is 34.7 Å². The second kappa shape index (κ2) is 5.54. The maximum atomic E-state index is 14.0. The monoisotopic (exact) mass is 308 g/mol. The number of halogens is 2. The van der Waals surface area contributed by atoms with Crippen molar-refractivity contribution in [3.8, 4) is 0 Å². The van der Waals surface area contributed by atoms with Crippen molar-refractivity contribution in [2.45, 2.75) is 11.4 Å². The Bertz CT molecular complexity index is 648. The predicted molar refractivity (Wildman–Crippen MR) is 84.0 cm³/mol. The molecule has 2 aromatic carbocycles. The van der Waals surface area contributed by atoms with Gasteiger partial charge in [0.05, 0.1) is 10.7 Å². The molecule has 1 aliphatic heterocycles. The number of fused-ring (bicyclic) bond motifs is 1. The van der Waals surface area contributed by atoms with Crippen LogP contribution in [0.4, 0.5) is 15.8 Å². The van der Waals surface area contributed by atoms with Gasteiger partial charge in [-0.2, -0.15) is 0 Å². The summed E-state index contributed by atoms with van der Waals surface area (Å²) in [5, 5.41) is 0.168. The largest absolute Gasteiger partial charge is 0.399 e. The lowest BCUT2D eigenvalue weighted by atomic mass is 10.1. The molecule has 0 aliphatic carbocycles. The topological polar surface area (TPSA) is 29.3 Å². The minimum Gasteiger partial charge on any atom is -0.399 e. The average molecular weight is 309 g/mol. The lowest BCUT2D eigenvalue weighted by Crippen LogP contribution is -2.29. The van der Waals surface area contributed by atoms with Gasteiger partial charge < -0.3 is 10.6 Å². The van der Waals surface area contributed by atoms with Crippen LogP contribution in [0.25, 0.3) is 0 Å². The van der Waals surface area contributed by atoms with Gasteiger partial charge in [-0.3, -0.25) is 0 Å². The third-order valence-corrected chi connectivity index (χ3v) is 4.67. The average Bonchev–Trinajstić information content (AvgIpc) is 2.44. The van der Waals surface area contributed by atoms with E-state index >= 15 is 0 Å². The van der Waals surface area contributed by atoms with Crippen LogP contribution in [0.3, 0.4) is 0 Å². The number of nitrogens with zero attached hydrogens (tertiary/aromatic N) is 1. The van der Waals surface area contributed by atoms with Gasteiger partial charge in [-0.15, -0.1) is 11.8 Å². The highest BCUT2D eigenvalue weighted by Gasteiger charge is 2.19. The van der Waals surface area contributed by atoms with Gasteiger partial charge in [0.25, 0.3) is 0 Å². The zero-order valence-electron chi connectivity index (χ0n) is 10.8. The summed E-state index contributed by atoms with van der Waals surface area (Å²) in [5.74, 6) is 0.650. The fourth-order valence-corrected chi connectivity index (χ4v) is 3.56. The van der Waals surface area contributed by atoms with Crippen LogP contribution < -0.4 is 10.6 Å². The summed E-state index contributed by atoms with van der Waals surface area (Å²) in [5.41, 5.74) is 8.26. The molecule has 0 unspecified atom stereocenters. The molecule has 0 bridgehead atoms. The molecule has 1 aliphatic rings. The molecule has 104 valence electrons. The van der Waals surface area contributed by atoms with E-state index in [1.165, 1.54) is 4.90 Å². The minimum absolute atomic E-state index is 0.168. The summed E-state index contributed by atoms with van der Waals surface area (Å²) < 4.78 is 14.0. The first kappa shape index (κ1) is 13.6. The molecule has 2 N–H and O–H groups in total. The van der Waals surface area contributed by atoms with Crippen LogP contribution in [-0.2, 0) is 6.54 Å². The molecule has 0 amide bonds. The van der Waals surface area contributed by atoms with Crippen molar-refractivity contribution in [1.29, 1.82) is 0 Å². The molecule has 0 saturated heterocycles. The lowest BCUT2D eigenvalue weighted by molar-refractivity contribution is 0.605. The van der Waals surface area contributed by atoms with Gasteiger partial charge in [-0.1, -0.05) is 23.7 Å². The van der Waals surface area contributed by atoms with Crippen LogP contribution in [0, 0.1) is 5.82 Å². The smallest absolute Gasteiger partial charge is 0.146 e. The first-order valence-electron chi connectivity index (χ1n) is 6.35. The molecular weight excluding hydrogens is 295 g/mol. The number of rotatable bonds is 2. The number of anilines is 2. The van der Waals surface area contributed by atoms with Crippen molar-refractivity contribution in [2.24, 2.45) is 0 Å². The highest BCUT2D eigenvalue weighted by Crippen LogP contribution is 2.37. The maximum Gasteiger partial charge on any atom is 0.146 e. The SMILES string of the molecule is Nc1ccc2c(c1)N(Cc1cccc(Cl)c1F)CCS2. The second-order valence-electron chi connectivity index (χ2n) is 4.71. The Kier molecular flexibility index (Phi) is 3.76. The van der Waals surface area contributed by atoms with E-state index in [-0.39, 0.29) is 10.8 Å². The van der Waals surface area contributed by atoms with Crippen molar-refractivity contribution < 1.29 is 4.39 Å². The number of thioether (sulfide) groups is 1. The quantitative estimate of drug-likeness (QED) is 0.844. The maximum absolute atomic E-state index is 14.0. The van der Waals surface area contributed by atoms with Crippen molar-refractivity contribution in [2.75, 3.05) is 22.9 Å². The summed E-state index contributed by atoms with van der Waals surface area (Å²) in [6, 6.07) is 11.0. The summed E-state index contributed by atoms with van der Waals surface area (Å²) >= 11 is 7.64. The van der Waals surface area contributed by atoms with Gasteiger partial charge in [-0.25, -0.2) is 4.39 Å². The first-order valence-corrected chi connectivity index (χ1v) is 7.71. The molecule has 0 atom stereocenters. The van der Waals surface area contributed by atoms with Crippen LogP contribution >= 0.6 is 23.4 Å². The van der Waals surface area contributed by atoms with E-state index in [1.807, 2.05) is 18.2 Å². The third kappa shape index (κ3) is 2.58. The molecular formula is C15H14ClFN2S. The van der Waals surface area contributed by atoms with Crippen LogP contribution in [0.2, 0.25) is 5.02 Å². The van der Waals surface area contributed by atoms with Crippen LogP contribution in [0.1, 0.15) is 5.56 Å². The predicted octanol–water partition coefficient (Wildman–Crippen LogP) is 4.17. The fraction of sp³-hybridized carbons (Fsp3) is 0.200. The molecule has 5 heteroatoms. The number of benzene rings is 2. The summed E-state index contributed by atoms with van der Waals surface area (Å²) in [6.45, 7) is 1.37. The molecule has 0 spiro atoms. The number of nitrogens with two attached hydrogens (primary N) is 1. The molecule has 2 nitrogen and oxygen atoms in total. The zero-order valence-corrected chi connectivity index (χ0v) is 12.3. The van der Waals surface area contributed by atoms with E-state index in [9.17, 15) is 4.39 Å². The van der Waals surface area contributed by atoms with Gasteiger partial charge in [-0.05, 0) is 24.3 Å². The number of hydrogen-bond donors (Lipinski definition) is 1. The summed E-state index contributed by atoms with van der Waals surface area (Å²) in [6.07, 6.45) is 0. The van der Waals surface area contributed by atoms with Crippen molar-refractivity contribution in [3.63, 3.8) is 0 Å². The normalized spacial score (nSPS) is 14.2. The van der Waals surface area contributed by atoms with E-state index in [4.69, 9.17) is 17.3 Å². The van der Waals surface area contributed by atoms with Crippen LogP contribution in [0.15, 0.2) is 41.3 Å².